The quantitative estimate of drug-likeness (QED) is 0.630. The fraction of sp³-hybridized carbons (Fsp3) is 0.909. The van der Waals surface area contributed by atoms with Crippen LogP contribution >= 0.6 is 0 Å². The number of carbonyl (C=O) groups is 1. The molecule has 1 unspecified atom stereocenters. The topological polar surface area (TPSA) is 72.5 Å². The van der Waals surface area contributed by atoms with Crippen LogP contribution in [-0.2, 0) is 9.53 Å². The van der Waals surface area contributed by atoms with E-state index in [-0.39, 0.29) is 26.0 Å². The Balaban J connectivity index is 4.09. The molecule has 1 atom stereocenters. The van der Waals surface area contributed by atoms with E-state index in [1.54, 1.807) is 0 Å². The van der Waals surface area contributed by atoms with Crippen LogP contribution < -0.4 is 5.73 Å². The van der Waals surface area contributed by atoms with Crippen molar-refractivity contribution in [2.45, 2.75) is 38.8 Å². The van der Waals surface area contributed by atoms with E-state index in [0.717, 1.165) is 0 Å². The number of halogens is 3. The van der Waals surface area contributed by atoms with Gasteiger partial charge in [0.05, 0.1) is 5.41 Å². The molecular weight excluding hydrogens is 251 g/mol. The second kappa shape index (κ2) is 7.58. The summed E-state index contributed by atoms with van der Waals surface area (Å²) >= 11 is 0. The van der Waals surface area contributed by atoms with Crippen molar-refractivity contribution in [2.75, 3.05) is 19.8 Å². The van der Waals surface area contributed by atoms with Gasteiger partial charge in [-0.1, -0.05) is 13.3 Å². The Morgan fingerprint density at radius 1 is 1.33 bits per heavy atom. The molecule has 0 heterocycles. The fourth-order valence-corrected chi connectivity index (χ4v) is 1.81. The van der Waals surface area contributed by atoms with E-state index >= 15 is 0 Å². The minimum Gasteiger partial charge on any atom is -0.481 e. The molecular formula is C11H20F3NO3. The summed E-state index contributed by atoms with van der Waals surface area (Å²) in [6.07, 6.45) is -2.80. The lowest BCUT2D eigenvalue weighted by Crippen LogP contribution is -2.38. The maximum Gasteiger partial charge on any atom is 0.411 e. The number of alkyl halides is 3. The standard InChI is InChI=1S/C11H20F3NO3/c1-2-4-10(7-15,9(16)17)5-3-6-18-8-11(12,13)14/h2-8,15H2,1H3,(H,16,17). The van der Waals surface area contributed by atoms with Crippen LogP contribution in [0.25, 0.3) is 0 Å². The van der Waals surface area contributed by atoms with Gasteiger partial charge in [-0.05, 0) is 19.3 Å². The number of rotatable bonds is 9. The first-order valence-corrected chi connectivity index (χ1v) is 5.85. The molecule has 0 aromatic carbocycles. The van der Waals surface area contributed by atoms with Crippen LogP contribution in [0.3, 0.4) is 0 Å². The first-order chi connectivity index (χ1) is 8.27. The van der Waals surface area contributed by atoms with Gasteiger partial charge in [0.25, 0.3) is 0 Å². The lowest BCUT2D eigenvalue weighted by Gasteiger charge is -2.27. The van der Waals surface area contributed by atoms with Gasteiger partial charge in [0.1, 0.15) is 6.61 Å². The fourth-order valence-electron chi connectivity index (χ4n) is 1.81. The summed E-state index contributed by atoms with van der Waals surface area (Å²) in [7, 11) is 0. The Morgan fingerprint density at radius 3 is 2.33 bits per heavy atom. The van der Waals surface area contributed by atoms with Gasteiger partial charge in [-0.25, -0.2) is 0 Å². The highest BCUT2D eigenvalue weighted by Gasteiger charge is 2.35. The second-order valence-electron chi connectivity index (χ2n) is 4.31. The zero-order valence-electron chi connectivity index (χ0n) is 10.4. The molecule has 0 bridgehead atoms. The van der Waals surface area contributed by atoms with E-state index in [9.17, 15) is 18.0 Å². The molecule has 108 valence electrons. The summed E-state index contributed by atoms with van der Waals surface area (Å²) < 4.78 is 39.8. The third-order valence-electron chi connectivity index (χ3n) is 2.78. The van der Waals surface area contributed by atoms with Crippen LogP contribution in [0.1, 0.15) is 32.6 Å². The molecule has 0 saturated heterocycles. The van der Waals surface area contributed by atoms with Crippen molar-refractivity contribution in [3.05, 3.63) is 0 Å². The Hall–Kier alpha value is -0.820. The van der Waals surface area contributed by atoms with Crippen molar-refractivity contribution in [3.63, 3.8) is 0 Å². The molecule has 0 aliphatic carbocycles. The van der Waals surface area contributed by atoms with Crippen LogP contribution in [0, 0.1) is 5.41 Å². The monoisotopic (exact) mass is 271 g/mol. The van der Waals surface area contributed by atoms with Crippen molar-refractivity contribution in [2.24, 2.45) is 11.1 Å². The number of hydrogen-bond acceptors (Lipinski definition) is 3. The van der Waals surface area contributed by atoms with Gasteiger partial charge in [-0.3, -0.25) is 4.79 Å². The van der Waals surface area contributed by atoms with Crippen molar-refractivity contribution in [3.8, 4) is 0 Å². The minimum atomic E-state index is -4.35. The maximum absolute atomic E-state index is 11.8. The van der Waals surface area contributed by atoms with E-state index in [1.165, 1.54) is 0 Å². The highest BCUT2D eigenvalue weighted by molar-refractivity contribution is 5.74. The number of aliphatic carboxylic acids is 1. The number of hydrogen-bond donors (Lipinski definition) is 2. The third-order valence-corrected chi connectivity index (χ3v) is 2.78. The molecule has 0 rings (SSSR count). The third kappa shape index (κ3) is 6.20. The van der Waals surface area contributed by atoms with Crippen molar-refractivity contribution in [1.82, 2.24) is 0 Å². The largest absolute Gasteiger partial charge is 0.481 e. The predicted molar refractivity (Wildman–Crippen MR) is 60.1 cm³/mol. The second-order valence-corrected chi connectivity index (χ2v) is 4.31. The Labute approximate surface area is 104 Å². The van der Waals surface area contributed by atoms with Crippen molar-refractivity contribution >= 4 is 5.97 Å². The molecule has 0 aromatic rings. The Bertz CT molecular complexity index is 258. The number of nitrogens with two attached hydrogens (primary N) is 1. The Morgan fingerprint density at radius 2 is 1.94 bits per heavy atom. The number of carboxylic acid groups (broad SMARTS) is 1. The van der Waals surface area contributed by atoms with Gasteiger partial charge in [0.2, 0.25) is 0 Å². The lowest BCUT2D eigenvalue weighted by atomic mass is 9.79. The van der Waals surface area contributed by atoms with Crippen LogP contribution in [0.15, 0.2) is 0 Å². The van der Waals surface area contributed by atoms with Gasteiger partial charge in [-0.2, -0.15) is 13.2 Å². The van der Waals surface area contributed by atoms with Crippen LogP contribution in [0.2, 0.25) is 0 Å². The first kappa shape index (κ1) is 17.2. The molecule has 7 heteroatoms. The molecule has 0 aliphatic rings. The number of carboxylic acids is 1. The summed E-state index contributed by atoms with van der Waals surface area (Å²) in [5.41, 5.74) is 4.43. The molecule has 0 saturated carbocycles. The summed E-state index contributed by atoms with van der Waals surface area (Å²) in [6, 6.07) is 0. The smallest absolute Gasteiger partial charge is 0.411 e. The van der Waals surface area contributed by atoms with E-state index in [1.807, 2.05) is 6.92 Å². The summed E-state index contributed by atoms with van der Waals surface area (Å²) in [4.78, 5) is 11.2. The molecule has 0 amide bonds. The number of ether oxygens (including phenoxy) is 1. The SMILES string of the molecule is CCCC(CN)(CCCOCC(F)(F)F)C(=O)O. The zero-order valence-corrected chi connectivity index (χ0v) is 10.4. The molecule has 0 radical (unpaired) electrons. The maximum atomic E-state index is 11.8. The molecule has 3 N–H and O–H groups in total. The summed E-state index contributed by atoms with van der Waals surface area (Å²) in [6.45, 7) is 0.407. The van der Waals surface area contributed by atoms with Crippen LogP contribution in [-0.4, -0.2) is 37.0 Å². The molecule has 0 spiro atoms. The van der Waals surface area contributed by atoms with E-state index in [2.05, 4.69) is 4.74 Å². The van der Waals surface area contributed by atoms with Crippen molar-refractivity contribution < 1.29 is 27.8 Å². The van der Waals surface area contributed by atoms with Gasteiger partial charge in [0.15, 0.2) is 0 Å². The highest BCUT2D eigenvalue weighted by Crippen LogP contribution is 2.29. The Kier molecular flexibility index (Phi) is 7.23. The molecule has 0 aliphatic heterocycles. The summed E-state index contributed by atoms with van der Waals surface area (Å²) in [5.74, 6) is -0.998. The van der Waals surface area contributed by atoms with E-state index < -0.39 is 24.2 Å². The van der Waals surface area contributed by atoms with Gasteiger partial charge in [0, 0.05) is 13.2 Å². The molecule has 0 fully saturated rings. The van der Waals surface area contributed by atoms with Gasteiger partial charge in [-0.15, -0.1) is 0 Å². The van der Waals surface area contributed by atoms with Crippen LogP contribution in [0.5, 0.6) is 0 Å². The zero-order chi connectivity index (χ0) is 14.2. The summed E-state index contributed by atoms with van der Waals surface area (Å²) in [5, 5.41) is 9.14. The van der Waals surface area contributed by atoms with Gasteiger partial charge < -0.3 is 15.6 Å². The molecule has 0 aromatic heterocycles. The molecule has 4 nitrogen and oxygen atoms in total. The normalized spacial score (nSPS) is 15.4. The first-order valence-electron chi connectivity index (χ1n) is 5.85. The lowest BCUT2D eigenvalue weighted by molar-refractivity contribution is -0.174. The molecule has 18 heavy (non-hydrogen) atoms. The highest BCUT2D eigenvalue weighted by atomic mass is 19.4. The van der Waals surface area contributed by atoms with Crippen LogP contribution in [0.4, 0.5) is 13.2 Å². The average Bonchev–Trinajstić information content (AvgIpc) is 2.25. The average molecular weight is 271 g/mol. The van der Waals surface area contributed by atoms with Gasteiger partial charge >= 0.3 is 12.1 Å². The van der Waals surface area contributed by atoms with Crippen molar-refractivity contribution in [1.29, 1.82) is 0 Å². The minimum absolute atomic E-state index is 0.0184. The van der Waals surface area contributed by atoms with E-state index in [4.69, 9.17) is 10.8 Å². The van der Waals surface area contributed by atoms with E-state index in [0.29, 0.717) is 12.8 Å². The predicted octanol–water partition coefficient (Wildman–Crippen LogP) is 2.18.